The van der Waals surface area contributed by atoms with Crippen LogP contribution in [0.5, 0.6) is 5.75 Å². The molecule has 0 aliphatic rings. The lowest BCUT2D eigenvalue weighted by molar-refractivity contribution is 0.434. The fourth-order valence-corrected chi connectivity index (χ4v) is 3.65. The Bertz CT molecular complexity index is 973. The molecule has 0 fully saturated rings. The van der Waals surface area contributed by atoms with E-state index in [0.717, 1.165) is 11.6 Å². The average molecular weight is 343 g/mol. The van der Waals surface area contributed by atoms with Gasteiger partial charge in [-0.1, -0.05) is 54.6 Å². The summed E-state index contributed by atoms with van der Waals surface area (Å²) in [6.07, 6.45) is 0. The number of phenols is 1. The van der Waals surface area contributed by atoms with Crippen LogP contribution in [-0.2, 0) is 10.0 Å². The number of benzene rings is 3. The predicted molar refractivity (Wildman–Crippen MR) is 90.8 cm³/mol. The fourth-order valence-electron chi connectivity index (χ4n) is 2.36. The van der Waals surface area contributed by atoms with Gasteiger partial charge in [0.25, 0.3) is 10.0 Å². The number of hydrogen-bond acceptors (Lipinski definition) is 3. The zero-order valence-corrected chi connectivity index (χ0v) is 13.3. The monoisotopic (exact) mass is 343 g/mol. The third-order valence-electron chi connectivity index (χ3n) is 3.48. The first-order chi connectivity index (χ1) is 11.5. The summed E-state index contributed by atoms with van der Waals surface area (Å²) in [5.74, 6) is -1.63. The van der Waals surface area contributed by atoms with E-state index in [4.69, 9.17) is 0 Å². The summed E-state index contributed by atoms with van der Waals surface area (Å²) in [6.45, 7) is 0. The van der Waals surface area contributed by atoms with Crippen LogP contribution in [0.3, 0.4) is 0 Å². The number of nitrogens with one attached hydrogen (secondary N) is 1. The van der Waals surface area contributed by atoms with Gasteiger partial charge in [0.15, 0.2) is 11.6 Å². The van der Waals surface area contributed by atoms with Crippen LogP contribution in [0.2, 0.25) is 0 Å². The molecule has 3 aromatic rings. The molecular weight excluding hydrogens is 329 g/mol. The van der Waals surface area contributed by atoms with Crippen molar-refractivity contribution in [1.82, 2.24) is 0 Å². The summed E-state index contributed by atoms with van der Waals surface area (Å²) in [5.41, 5.74) is 0.930. The van der Waals surface area contributed by atoms with Crippen molar-refractivity contribution in [2.24, 2.45) is 0 Å². The molecule has 3 rings (SSSR count). The van der Waals surface area contributed by atoms with Gasteiger partial charge < -0.3 is 5.11 Å². The maximum Gasteiger partial charge on any atom is 0.262 e. The molecule has 0 bridgehead atoms. The lowest BCUT2D eigenvalue weighted by Crippen LogP contribution is -2.15. The summed E-state index contributed by atoms with van der Waals surface area (Å²) >= 11 is 0. The van der Waals surface area contributed by atoms with Crippen molar-refractivity contribution in [3.8, 4) is 16.9 Å². The molecular formula is C18H14FNO3S. The molecule has 0 aliphatic carbocycles. The molecule has 0 amide bonds. The molecule has 0 radical (unpaired) electrons. The van der Waals surface area contributed by atoms with Crippen molar-refractivity contribution in [2.45, 2.75) is 4.90 Å². The third-order valence-corrected chi connectivity index (χ3v) is 4.91. The van der Waals surface area contributed by atoms with Gasteiger partial charge in [-0.25, -0.2) is 12.8 Å². The Balaban J connectivity index is 2.07. The number of rotatable bonds is 4. The highest BCUT2D eigenvalue weighted by Gasteiger charge is 2.21. The van der Waals surface area contributed by atoms with Gasteiger partial charge in [0.05, 0.1) is 10.6 Å². The quantitative estimate of drug-likeness (QED) is 0.752. The highest BCUT2D eigenvalue weighted by molar-refractivity contribution is 7.92. The van der Waals surface area contributed by atoms with Crippen LogP contribution in [0, 0.1) is 5.82 Å². The lowest BCUT2D eigenvalue weighted by Gasteiger charge is -2.13. The number of halogens is 1. The van der Waals surface area contributed by atoms with Gasteiger partial charge in [-0.2, -0.15) is 0 Å². The molecule has 4 nitrogen and oxygen atoms in total. The second kappa shape index (κ2) is 6.33. The van der Waals surface area contributed by atoms with Crippen LogP contribution < -0.4 is 4.72 Å². The number of hydrogen-bond donors (Lipinski definition) is 2. The Hall–Kier alpha value is -2.86. The SMILES string of the molecule is O=S(=O)(Nc1cccc(O)c1F)c1ccccc1-c1ccccc1. The van der Waals surface area contributed by atoms with Gasteiger partial charge in [0.1, 0.15) is 0 Å². The van der Waals surface area contributed by atoms with E-state index in [-0.39, 0.29) is 10.6 Å². The molecule has 0 spiro atoms. The topological polar surface area (TPSA) is 66.4 Å². The van der Waals surface area contributed by atoms with Crippen molar-refractivity contribution in [1.29, 1.82) is 0 Å². The molecule has 122 valence electrons. The standard InChI is InChI=1S/C18H14FNO3S/c19-18-15(10-6-11-16(18)21)20-24(22,23)17-12-5-4-9-14(17)13-7-2-1-3-8-13/h1-12,20-21H. The van der Waals surface area contributed by atoms with E-state index in [9.17, 15) is 17.9 Å². The van der Waals surface area contributed by atoms with Gasteiger partial charge >= 0.3 is 0 Å². The molecule has 3 aromatic carbocycles. The highest BCUT2D eigenvalue weighted by Crippen LogP contribution is 2.30. The van der Waals surface area contributed by atoms with E-state index >= 15 is 0 Å². The Morgan fingerprint density at radius 3 is 2.25 bits per heavy atom. The third kappa shape index (κ3) is 3.09. The van der Waals surface area contributed by atoms with E-state index in [1.807, 2.05) is 6.07 Å². The number of aromatic hydroxyl groups is 1. The molecule has 6 heteroatoms. The molecule has 0 heterocycles. The Morgan fingerprint density at radius 2 is 1.50 bits per heavy atom. The highest BCUT2D eigenvalue weighted by atomic mass is 32.2. The number of sulfonamides is 1. The van der Waals surface area contributed by atoms with Crippen LogP contribution in [0.1, 0.15) is 0 Å². The molecule has 24 heavy (non-hydrogen) atoms. The average Bonchev–Trinajstić information content (AvgIpc) is 2.60. The zero-order chi connectivity index (χ0) is 17.2. The summed E-state index contributed by atoms with van der Waals surface area (Å²) in [7, 11) is -4.03. The summed E-state index contributed by atoms with van der Waals surface area (Å²) in [5, 5.41) is 9.39. The van der Waals surface area contributed by atoms with E-state index in [1.165, 1.54) is 18.2 Å². The van der Waals surface area contributed by atoms with Crippen LogP contribution >= 0.6 is 0 Å². The van der Waals surface area contributed by atoms with E-state index < -0.39 is 21.6 Å². The van der Waals surface area contributed by atoms with Gasteiger partial charge in [0, 0.05) is 5.56 Å². The Morgan fingerprint density at radius 1 is 0.833 bits per heavy atom. The minimum absolute atomic E-state index is 0.0268. The van der Waals surface area contributed by atoms with E-state index in [1.54, 1.807) is 42.5 Å². The van der Waals surface area contributed by atoms with Crippen molar-refractivity contribution in [3.63, 3.8) is 0 Å². The molecule has 0 saturated carbocycles. The maximum atomic E-state index is 13.9. The summed E-state index contributed by atoms with van der Waals surface area (Å²) in [4.78, 5) is 0.0268. The predicted octanol–water partition coefficient (Wildman–Crippen LogP) is 4.00. The van der Waals surface area contributed by atoms with Crippen molar-refractivity contribution in [2.75, 3.05) is 4.72 Å². The largest absolute Gasteiger partial charge is 0.505 e. The smallest absolute Gasteiger partial charge is 0.262 e. The molecule has 0 unspecified atom stereocenters. The first-order valence-electron chi connectivity index (χ1n) is 7.14. The lowest BCUT2D eigenvalue weighted by atomic mass is 10.1. The van der Waals surface area contributed by atoms with Crippen LogP contribution in [0.25, 0.3) is 11.1 Å². The first kappa shape index (κ1) is 16.0. The fraction of sp³-hybridized carbons (Fsp3) is 0. The normalized spacial score (nSPS) is 11.2. The second-order valence-corrected chi connectivity index (χ2v) is 6.76. The number of anilines is 1. The van der Waals surface area contributed by atoms with Gasteiger partial charge in [-0.15, -0.1) is 0 Å². The van der Waals surface area contributed by atoms with Crippen molar-refractivity contribution < 1.29 is 17.9 Å². The summed E-state index contributed by atoms with van der Waals surface area (Å²) in [6, 6.07) is 19.3. The molecule has 0 aliphatic heterocycles. The van der Waals surface area contributed by atoms with E-state index in [0.29, 0.717) is 5.56 Å². The zero-order valence-electron chi connectivity index (χ0n) is 12.5. The molecule has 0 aromatic heterocycles. The first-order valence-corrected chi connectivity index (χ1v) is 8.62. The second-order valence-electron chi connectivity index (χ2n) is 5.11. The van der Waals surface area contributed by atoms with Crippen LogP contribution in [0.15, 0.2) is 77.7 Å². The van der Waals surface area contributed by atoms with Gasteiger partial charge in [0.2, 0.25) is 0 Å². The molecule has 2 N–H and O–H groups in total. The molecule has 0 saturated heterocycles. The maximum absolute atomic E-state index is 13.9. The Kier molecular flexibility index (Phi) is 4.22. The van der Waals surface area contributed by atoms with E-state index in [2.05, 4.69) is 4.72 Å². The van der Waals surface area contributed by atoms with Gasteiger partial charge in [-0.05, 0) is 23.8 Å². The minimum atomic E-state index is -4.03. The summed E-state index contributed by atoms with van der Waals surface area (Å²) < 4.78 is 41.5. The van der Waals surface area contributed by atoms with Crippen molar-refractivity contribution in [3.05, 3.63) is 78.6 Å². The van der Waals surface area contributed by atoms with Crippen LogP contribution in [-0.4, -0.2) is 13.5 Å². The number of phenolic OH excluding ortho intramolecular Hbond substituents is 1. The van der Waals surface area contributed by atoms with Crippen molar-refractivity contribution >= 4 is 15.7 Å². The van der Waals surface area contributed by atoms with Crippen LogP contribution in [0.4, 0.5) is 10.1 Å². The van der Waals surface area contributed by atoms with Gasteiger partial charge in [-0.3, -0.25) is 4.72 Å². The Labute approximate surface area is 139 Å². The minimum Gasteiger partial charge on any atom is -0.505 e. The molecule has 0 atom stereocenters.